The summed E-state index contributed by atoms with van der Waals surface area (Å²) in [5, 5.41) is 0. The van der Waals surface area contributed by atoms with E-state index in [1.165, 1.54) is 25.3 Å². The molecular formula is C12H20N2O3S. The highest BCUT2D eigenvalue weighted by atomic mass is 32.2. The summed E-state index contributed by atoms with van der Waals surface area (Å²) in [6, 6.07) is 4.33. The third kappa shape index (κ3) is 3.36. The van der Waals surface area contributed by atoms with Gasteiger partial charge in [0.2, 0.25) is 10.0 Å². The first-order chi connectivity index (χ1) is 8.27. The Bertz CT molecular complexity index is 512. The van der Waals surface area contributed by atoms with E-state index in [1.54, 1.807) is 0 Å². The van der Waals surface area contributed by atoms with Crippen LogP contribution in [0.5, 0.6) is 5.75 Å². The van der Waals surface area contributed by atoms with Crippen molar-refractivity contribution in [2.24, 2.45) is 5.92 Å². The van der Waals surface area contributed by atoms with Crippen LogP contribution in [0.15, 0.2) is 23.1 Å². The van der Waals surface area contributed by atoms with Gasteiger partial charge in [0.1, 0.15) is 10.6 Å². The molecule has 5 nitrogen and oxygen atoms in total. The van der Waals surface area contributed by atoms with Gasteiger partial charge in [-0.2, -0.15) is 0 Å². The molecule has 1 atom stereocenters. The highest BCUT2D eigenvalue weighted by molar-refractivity contribution is 7.89. The molecule has 0 aromatic heterocycles. The molecule has 1 aromatic rings. The Morgan fingerprint density at radius 3 is 2.39 bits per heavy atom. The summed E-state index contributed by atoms with van der Waals surface area (Å²) in [6.45, 7) is 5.73. The van der Waals surface area contributed by atoms with Crippen molar-refractivity contribution in [2.75, 3.05) is 12.8 Å². The molecule has 18 heavy (non-hydrogen) atoms. The molecule has 0 amide bonds. The van der Waals surface area contributed by atoms with E-state index < -0.39 is 10.0 Å². The topological polar surface area (TPSA) is 81.4 Å². The number of nitrogens with one attached hydrogen (secondary N) is 1. The van der Waals surface area contributed by atoms with Gasteiger partial charge in [0, 0.05) is 17.8 Å². The van der Waals surface area contributed by atoms with Gasteiger partial charge in [-0.15, -0.1) is 0 Å². The molecule has 0 fully saturated rings. The first-order valence-corrected chi connectivity index (χ1v) is 7.22. The van der Waals surface area contributed by atoms with Gasteiger partial charge in [-0.1, -0.05) is 13.8 Å². The van der Waals surface area contributed by atoms with Crippen molar-refractivity contribution < 1.29 is 13.2 Å². The van der Waals surface area contributed by atoms with E-state index in [0.29, 0.717) is 5.69 Å². The van der Waals surface area contributed by atoms with Crippen molar-refractivity contribution in [1.82, 2.24) is 4.72 Å². The average Bonchev–Trinajstić information content (AvgIpc) is 2.27. The molecule has 0 heterocycles. The Labute approximate surface area is 108 Å². The number of benzene rings is 1. The summed E-state index contributed by atoms with van der Waals surface area (Å²) < 4.78 is 32.1. The van der Waals surface area contributed by atoms with Crippen molar-refractivity contribution in [1.29, 1.82) is 0 Å². The standard InChI is InChI=1S/C12H20N2O3S/c1-8(2)9(3)14-18(15,16)12-6-5-10(13)7-11(12)17-4/h5-9,14H,13H2,1-4H3. The maximum atomic E-state index is 12.2. The van der Waals surface area contributed by atoms with Crippen molar-refractivity contribution in [3.05, 3.63) is 18.2 Å². The Balaban J connectivity index is 3.12. The molecule has 0 saturated carbocycles. The first kappa shape index (κ1) is 14.8. The van der Waals surface area contributed by atoms with Crippen LogP contribution in [-0.2, 0) is 10.0 Å². The second-order valence-electron chi connectivity index (χ2n) is 4.56. The minimum Gasteiger partial charge on any atom is -0.495 e. The van der Waals surface area contributed by atoms with E-state index in [1.807, 2.05) is 20.8 Å². The number of nitrogen functional groups attached to an aromatic ring is 1. The van der Waals surface area contributed by atoms with Crippen molar-refractivity contribution in [3.8, 4) is 5.75 Å². The van der Waals surface area contributed by atoms with Crippen molar-refractivity contribution >= 4 is 15.7 Å². The number of anilines is 1. The molecule has 0 bridgehead atoms. The van der Waals surface area contributed by atoms with Gasteiger partial charge in [0.05, 0.1) is 7.11 Å². The SMILES string of the molecule is COc1cc(N)ccc1S(=O)(=O)NC(C)C(C)C. The number of rotatable bonds is 5. The van der Waals surface area contributed by atoms with Crippen LogP contribution in [0.25, 0.3) is 0 Å². The fourth-order valence-electron chi connectivity index (χ4n) is 1.35. The normalized spacial score (nSPS) is 13.6. The van der Waals surface area contributed by atoms with Crippen LogP contribution in [0.2, 0.25) is 0 Å². The Morgan fingerprint density at radius 2 is 1.89 bits per heavy atom. The molecule has 0 spiro atoms. The van der Waals surface area contributed by atoms with Crippen LogP contribution < -0.4 is 15.2 Å². The third-order valence-corrected chi connectivity index (χ3v) is 4.42. The maximum Gasteiger partial charge on any atom is 0.244 e. The fraction of sp³-hybridized carbons (Fsp3) is 0.500. The summed E-state index contributed by atoms with van der Waals surface area (Å²) in [6.07, 6.45) is 0. The molecule has 0 radical (unpaired) electrons. The van der Waals surface area contributed by atoms with E-state index in [2.05, 4.69) is 4.72 Å². The number of sulfonamides is 1. The highest BCUT2D eigenvalue weighted by Gasteiger charge is 2.22. The Kier molecular flexibility index (Phi) is 4.59. The molecule has 3 N–H and O–H groups in total. The van der Waals surface area contributed by atoms with Gasteiger partial charge in [0.15, 0.2) is 0 Å². The monoisotopic (exact) mass is 272 g/mol. The molecule has 6 heteroatoms. The van der Waals surface area contributed by atoms with Crippen molar-refractivity contribution in [3.63, 3.8) is 0 Å². The second-order valence-corrected chi connectivity index (χ2v) is 6.25. The van der Waals surface area contributed by atoms with Crippen LogP contribution in [-0.4, -0.2) is 21.6 Å². The molecule has 102 valence electrons. The van der Waals surface area contributed by atoms with Crippen LogP contribution in [0, 0.1) is 5.92 Å². The number of methoxy groups -OCH3 is 1. The number of hydrogen-bond donors (Lipinski definition) is 2. The molecule has 0 aliphatic carbocycles. The summed E-state index contributed by atoms with van der Waals surface area (Å²) >= 11 is 0. The van der Waals surface area contributed by atoms with Gasteiger partial charge < -0.3 is 10.5 Å². The molecule has 0 aliphatic rings. The minimum atomic E-state index is -3.59. The van der Waals surface area contributed by atoms with Gasteiger partial charge in [0.25, 0.3) is 0 Å². The quantitative estimate of drug-likeness (QED) is 0.798. The Hall–Kier alpha value is -1.27. The Morgan fingerprint density at radius 1 is 1.28 bits per heavy atom. The van der Waals surface area contributed by atoms with Gasteiger partial charge in [-0.25, -0.2) is 13.1 Å². The van der Waals surface area contributed by atoms with Crippen LogP contribution in [0.1, 0.15) is 20.8 Å². The molecule has 0 aliphatic heterocycles. The average molecular weight is 272 g/mol. The summed E-state index contributed by atoms with van der Waals surface area (Å²) in [4.78, 5) is 0.103. The molecule has 1 rings (SSSR count). The number of ether oxygens (including phenoxy) is 1. The van der Waals surface area contributed by atoms with E-state index in [0.717, 1.165) is 0 Å². The van der Waals surface area contributed by atoms with E-state index in [9.17, 15) is 8.42 Å². The van der Waals surface area contributed by atoms with E-state index in [-0.39, 0.29) is 22.6 Å². The van der Waals surface area contributed by atoms with Crippen LogP contribution >= 0.6 is 0 Å². The molecule has 1 aromatic carbocycles. The van der Waals surface area contributed by atoms with Gasteiger partial charge in [-0.3, -0.25) is 0 Å². The van der Waals surface area contributed by atoms with Crippen LogP contribution in [0.4, 0.5) is 5.69 Å². The van der Waals surface area contributed by atoms with Gasteiger partial charge >= 0.3 is 0 Å². The first-order valence-electron chi connectivity index (χ1n) is 5.73. The second kappa shape index (κ2) is 5.58. The summed E-state index contributed by atoms with van der Waals surface area (Å²) in [5.74, 6) is 0.456. The van der Waals surface area contributed by atoms with E-state index in [4.69, 9.17) is 10.5 Å². The largest absolute Gasteiger partial charge is 0.495 e. The fourth-order valence-corrected chi connectivity index (χ4v) is 2.89. The minimum absolute atomic E-state index is 0.103. The highest BCUT2D eigenvalue weighted by Crippen LogP contribution is 2.26. The zero-order valence-electron chi connectivity index (χ0n) is 11.1. The lowest BCUT2D eigenvalue weighted by Crippen LogP contribution is -2.36. The zero-order chi connectivity index (χ0) is 13.9. The predicted molar refractivity (Wildman–Crippen MR) is 72.0 cm³/mol. The van der Waals surface area contributed by atoms with Crippen LogP contribution in [0.3, 0.4) is 0 Å². The summed E-state index contributed by atoms with van der Waals surface area (Å²) in [5.41, 5.74) is 6.06. The molecular weight excluding hydrogens is 252 g/mol. The van der Waals surface area contributed by atoms with Crippen molar-refractivity contribution in [2.45, 2.75) is 31.7 Å². The third-order valence-electron chi connectivity index (χ3n) is 2.82. The smallest absolute Gasteiger partial charge is 0.244 e. The molecule has 1 unspecified atom stereocenters. The van der Waals surface area contributed by atoms with E-state index >= 15 is 0 Å². The lowest BCUT2D eigenvalue weighted by molar-refractivity contribution is 0.401. The number of nitrogens with two attached hydrogens (primary N) is 1. The predicted octanol–water partition coefficient (Wildman–Crippen LogP) is 1.60. The maximum absolute atomic E-state index is 12.2. The number of hydrogen-bond acceptors (Lipinski definition) is 4. The zero-order valence-corrected chi connectivity index (χ0v) is 11.9. The molecule has 0 saturated heterocycles. The lowest BCUT2D eigenvalue weighted by Gasteiger charge is -2.18. The lowest BCUT2D eigenvalue weighted by atomic mass is 10.1. The summed E-state index contributed by atoms with van der Waals surface area (Å²) in [7, 11) is -2.18. The van der Waals surface area contributed by atoms with Gasteiger partial charge in [-0.05, 0) is 25.0 Å².